The standard InChI is InChI=1S/C18H25BrN2O/c19-14-9-12-6-8-22-18(12)13(10-14)11-21-17-4-1-3-15(17)16-5-2-7-20-16/h9-10,15-17,20-21H,1-8,11H2. The van der Waals surface area contributed by atoms with Gasteiger partial charge in [0, 0.05) is 35.1 Å². The van der Waals surface area contributed by atoms with E-state index in [2.05, 4.69) is 38.7 Å². The number of fused-ring (bicyclic) bond motifs is 1. The molecule has 2 fully saturated rings. The molecule has 2 heterocycles. The monoisotopic (exact) mass is 364 g/mol. The Kier molecular flexibility index (Phi) is 4.43. The average Bonchev–Trinajstić information content (AvgIpc) is 3.24. The van der Waals surface area contributed by atoms with Crippen LogP contribution in [0.1, 0.15) is 43.2 Å². The van der Waals surface area contributed by atoms with E-state index >= 15 is 0 Å². The van der Waals surface area contributed by atoms with E-state index in [-0.39, 0.29) is 0 Å². The first kappa shape index (κ1) is 15.0. The third kappa shape index (κ3) is 2.93. The summed E-state index contributed by atoms with van der Waals surface area (Å²) in [6.07, 6.45) is 7.81. The van der Waals surface area contributed by atoms with Crippen molar-refractivity contribution in [3.8, 4) is 5.75 Å². The molecule has 4 heteroatoms. The number of nitrogens with one attached hydrogen (secondary N) is 2. The summed E-state index contributed by atoms with van der Waals surface area (Å²) in [5, 5.41) is 7.55. The molecule has 0 radical (unpaired) electrons. The van der Waals surface area contributed by atoms with E-state index in [1.807, 2.05) is 0 Å². The highest BCUT2D eigenvalue weighted by Gasteiger charge is 2.34. The summed E-state index contributed by atoms with van der Waals surface area (Å²) >= 11 is 3.64. The van der Waals surface area contributed by atoms with Crippen molar-refractivity contribution >= 4 is 15.9 Å². The van der Waals surface area contributed by atoms with E-state index in [9.17, 15) is 0 Å². The van der Waals surface area contributed by atoms with Crippen LogP contribution in [0.5, 0.6) is 5.75 Å². The van der Waals surface area contributed by atoms with Gasteiger partial charge in [-0.2, -0.15) is 0 Å². The highest BCUT2D eigenvalue weighted by Crippen LogP contribution is 2.35. The van der Waals surface area contributed by atoms with Gasteiger partial charge in [-0.05, 0) is 55.8 Å². The minimum absolute atomic E-state index is 0.659. The normalized spacial score (nSPS) is 30.5. The predicted octanol–water partition coefficient (Wildman–Crippen LogP) is 3.39. The second kappa shape index (κ2) is 6.50. The van der Waals surface area contributed by atoms with Gasteiger partial charge in [0.05, 0.1) is 6.61 Å². The van der Waals surface area contributed by atoms with E-state index in [0.29, 0.717) is 6.04 Å². The maximum Gasteiger partial charge on any atom is 0.127 e. The quantitative estimate of drug-likeness (QED) is 0.858. The number of halogens is 1. The number of hydrogen-bond acceptors (Lipinski definition) is 3. The minimum Gasteiger partial charge on any atom is -0.493 e. The highest BCUT2D eigenvalue weighted by molar-refractivity contribution is 9.10. The molecule has 0 bridgehead atoms. The molecule has 3 unspecified atom stereocenters. The molecule has 0 amide bonds. The zero-order valence-corrected chi connectivity index (χ0v) is 14.6. The summed E-state index contributed by atoms with van der Waals surface area (Å²) in [5.41, 5.74) is 2.67. The van der Waals surface area contributed by atoms with Crippen LogP contribution in [0.2, 0.25) is 0 Å². The van der Waals surface area contributed by atoms with Gasteiger partial charge in [0.1, 0.15) is 5.75 Å². The van der Waals surface area contributed by atoms with Gasteiger partial charge < -0.3 is 15.4 Å². The van der Waals surface area contributed by atoms with Gasteiger partial charge in [-0.1, -0.05) is 22.4 Å². The zero-order valence-electron chi connectivity index (χ0n) is 13.0. The Hall–Kier alpha value is -0.580. The van der Waals surface area contributed by atoms with Gasteiger partial charge in [-0.15, -0.1) is 0 Å². The Morgan fingerprint density at radius 3 is 3.05 bits per heavy atom. The van der Waals surface area contributed by atoms with Crippen molar-refractivity contribution in [2.75, 3.05) is 13.2 Å². The molecule has 1 saturated heterocycles. The van der Waals surface area contributed by atoms with Gasteiger partial charge in [0.2, 0.25) is 0 Å². The topological polar surface area (TPSA) is 33.3 Å². The number of ether oxygens (including phenoxy) is 1. The molecule has 0 spiro atoms. The van der Waals surface area contributed by atoms with E-state index in [0.717, 1.165) is 37.3 Å². The molecule has 1 aromatic rings. The SMILES string of the molecule is Brc1cc2c(c(CNC3CCCC3C3CCCN3)c1)OCC2. The molecule has 1 saturated carbocycles. The fourth-order valence-electron chi connectivity index (χ4n) is 4.52. The Morgan fingerprint density at radius 2 is 2.18 bits per heavy atom. The Morgan fingerprint density at radius 1 is 1.23 bits per heavy atom. The van der Waals surface area contributed by atoms with Crippen molar-refractivity contribution in [2.24, 2.45) is 5.92 Å². The first-order chi connectivity index (χ1) is 10.8. The lowest BCUT2D eigenvalue weighted by atomic mass is 9.93. The molecule has 2 N–H and O–H groups in total. The van der Waals surface area contributed by atoms with Crippen molar-refractivity contribution in [2.45, 2.75) is 57.2 Å². The fraction of sp³-hybridized carbons (Fsp3) is 0.667. The van der Waals surface area contributed by atoms with Crippen molar-refractivity contribution in [1.29, 1.82) is 0 Å². The third-order valence-electron chi connectivity index (χ3n) is 5.56. The van der Waals surface area contributed by atoms with E-state index in [4.69, 9.17) is 4.74 Å². The summed E-state index contributed by atoms with van der Waals surface area (Å²) in [4.78, 5) is 0. The zero-order chi connectivity index (χ0) is 14.9. The maximum atomic E-state index is 5.85. The van der Waals surface area contributed by atoms with Crippen molar-refractivity contribution in [3.05, 3.63) is 27.7 Å². The van der Waals surface area contributed by atoms with Gasteiger partial charge >= 0.3 is 0 Å². The van der Waals surface area contributed by atoms with Crippen LogP contribution >= 0.6 is 15.9 Å². The molecule has 1 aliphatic carbocycles. The van der Waals surface area contributed by atoms with E-state index in [1.54, 1.807) is 0 Å². The van der Waals surface area contributed by atoms with Gasteiger partial charge in [-0.25, -0.2) is 0 Å². The number of hydrogen-bond donors (Lipinski definition) is 2. The van der Waals surface area contributed by atoms with Crippen LogP contribution < -0.4 is 15.4 Å². The maximum absolute atomic E-state index is 5.85. The lowest BCUT2D eigenvalue weighted by Crippen LogP contribution is -2.41. The van der Waals surface area contributed by atoms with Gasteiger partial charge in [-0.3, -0.25) is 0 Å². The van der Waals surface area contributed by atoms with Crippen LogP contribution in [0.15, 0.2) is 16.6 Å². The Bertz CT molecular complexity index is 542. The third-order valence-corrected chi connectivity index (χ3v) is 6.02. The van der Waals surface area contributed by atoms with Gasteiger partial charge in [0.15, 0.2) is 0 Å². The molecule has 120 valence electrons. The fourth-order valence-corrected chi connectivity index (χ4v) is 5.07. The number of rotatable bonds is 4. The average molecular weight is 365 g/mol. The second-order valence-corrected chi connectivity index (χ2v) is 7.85. The largest absolute Gasteiger partial charge is 0.493 e. The molecule has 2 aliphatic heterocycles. The highest BCUT2D eigenvalue weighted by atomic mass is 79.9. The minimum atomic E-state index is 0.659. The van der Waals surface area contributed by atoms with Crippen LogP contribution in [0.4, 0.5) is 0 Å². The van der Waals surface area contributed by atoms with E-state index < -0.39 is 0 Å². The molecular weight excluding hydrogens is 340 g/mol. The molecule has 22 heavy (non-hydrogen) atoms. The molecular formula is C18H25BrN2O. The smallest absolute Gasteiger partial charge is 0.127 e. The van der Waals surface area contributed by atoms with Crippen LogP contribution in [0, 0.1) is 5.92 Å². The molecule has 3 aliphatic rings. The Labute approximate surface area is 141 Å². The summed E-state index contributed by atoms with van der Waals surface area (Å²) < 4.78 is 7.03. The molecule has 3 atom stereocenters. The summed E-state index contributed by atoms with van der Waals surface area (Å²) in [7, 11) is 0. The summed E-state index contributed by atoms with van der Waals surface area (Å²) in [5.74, 6) is 1.94. The molecule has 0 aromatic heterocycles. The Balaban J connectivity index is 1.44. The van der Waals surface area contributed by atoms with Crippen LogP contribution in [-0.2, 0) is 13.0 Å². The van der Waals surface area contributed by atoms with E-state index in [1.165, 1.54) is 54.2 Å². The first-order valence-electron chi connectivity index (χ1n) is 8.72. The van der Waals surface area contributed by atoms with Crippen LogP contribution in [0.3, 0.4) is 0 Å². The molecule has 4 rings (SSSR count). The second-order valence-electron chi connectivity index (χ2n) is 6.94. The summed E-state index contributed by atoms with van der Waals surface area (Å²) in [6.45, 7) is 2.97. The van der Waals surface area contributed by atoms with Crippen molar-refractivity contribution in [1.82, 2.24) is 10.6 Å². The predicted molar refractivity (Wildman–Crippen MR) is 92.3 cm³/mol. The van der Waals surface area contributed by atoms with Crippen molar-refractivity contribution < 1.29 is 4.74 Å². The van der Waals surface area contributed by atoms with Crippen LogP contribution in [0.25, 0.3) is 0 Å². The summed E-state index contributed by atoms with van der Waals surface area (Å²) in [6, 6.07) is 5.82. The molecule has 3 nitrogen and oxygen atoms in total. The lowest BCUT2D eigenvalue weighted by molar-refractivity contribution is 0.316. The number of benzene rings is 1. The lowest BCUT2D eigenvalue weighted by Gasteiger charge is -2.27. The first-order valence-corrected chi connectivity index (χ1v) is 9.51. The van der Waals surface area contributed by atoms with Crippen molar-refractivity contribution in [3.63, 3.8) is 0 Å². The molecule has 1 aromatic carbocycles. The van der Waals surface area contributed by atoms with Gasteiger partial charge in [0.25, 0.3) is 0 Å². The van der Waals surface area contributed by atoms with Crippen LogP contribution in [-0.4, -0.2) is 25.2 Å².